The van der Waals surface area contributed by atoms with Crippen molar-refractivity contribution < 1.29 is 19.1 Å². The highest BCUT2D eigenvalue weighted by Crippen LogP contribution is 2.38. The molecule has 0 N–H and O–H groups in total. The Balaban J connectivity index is 2.42. The van der Waals surface area contributed by atoms with Gasteiger partial charge >= 0.3 is 0 Å². The van der Waals surface area contributed by atoms with Crippen LogP contribution in [0.25, 0.3) is 6.08 Å². The summed E-state index contributed by atoms with van der Waals surface area (Å²) in [5, 5.41) is -0.244. The van der Waals surface area contributed by atoms with E-state index in [1.54, 1.807) is 19.1 Å². The van der Waals surface area contributed by atoms with Crippen molar-refractivity contribution in [1.29, 1.82) is 0 Å². The molecule has 1 aliphatic heterocycles. The van der Waals surface area contributed by atoms with E-state index in [9.17, 15) is 9.59 Å². The number of likely N-dealkylation sites (N-methyl/N-ethyl adjacent to an activating group) is 1. The van der Waals surface area contributed by atoms with Crippen molar-refractivity contribution in [3.05, 3.63) is 27.1 Å². The Morgan fingerprint density at radius 3 is 2.35 bits per heavy atom. The van der Waals surface area contributed by atoms with E-state index in [-0.39, 0.29) is 11.1 Å². The number of carbonyl (C=O) groups excluding carboxylic acids is 2. The number of hydrogen-bond acceptors (Lipinski definition) is 5. The van der Waals surface area contributed by atoms with Crippen LogP contribution < -0.4 is 9.47 Å². The fraction of sp³-hybridized carbons (Fsp3) is 0.375. The summed E-state index contributed by atoms with van der Waals surface area (Å²) in [5.41, 5.74) is 0.726. The van der Waals surface area contributed by atoms with Crippen molar-refractivity contribution in [2.45, 2.75) is 20.8 Å². The van der Waals surface area contributed by atoms with Gasteiger partial charge in [0, 0.05) is 18.2 Å². The lowest BCUT2D eigenvalue weighted by Gasteiger charge is -2.13. The molecule has 1 fully saturated rings. The molecule has 7 heteroatoms. The lowest BCUT2D eigenvalue weighted by Crippen LogP contribution is -2.27. The number of rotatable bonds is 6. The molecule has 124 valence electrons. The smallest absolute Gasteiger partial charge is 0.293 e. The van der Waals surface area contributed by atoms with E-state index in [0.717, 1.165) is 21.8 Å². The van der Waals surface area contributed by atoms with E-state index >= 15 is 0 Å². The molecule has 5 nitrogen and oxygen atoms in total. The van der Waals surface area contributed by atoms with Gasteiger partial charge in [0.25, 0.3) is 11.1 Å². The molecule has 23 heavy (non-hydrogen) atoms. The van der Waals surface area contributed by atoms with Crippen LogP contribution in [0.1, 0.15) is 26.3 Å². The van der Waals surface area contributed by atoms with E-state index in [4.69, 9.17) is 9.47 Å². The van der Waals surface area contributed by atoms with E-state index in [1.807, 2.05) is 19.9 Å². The normalized spacial score (nSPS) is 16.3. The Morgan fingerprint density at radius 1 is 1.13 bits per heavy atom. The first-order valence-electron chi connectivity index (χ1n) is 7.36. The molecule has 0 atom stereocenters. The van der Waals surface area contributed by atoms with Gasteiger partial charge in [-0.1, -0.05) is 0 Å². The first kappa shape index (κ1) is 17.9. The molecule has 0 bridgehead atoms. The van der Waals surface area contributed by atoms with Crippen LogP contribution in [0, 0.1) is 0 Å². The average Bonchev–Trinajstić information content (AvgIpc) is 2.78. The van der Waals surface area contributed by atoms with Crippen LogP contribution >= 0.6 is 27.7 Å². The van der Waals surface area contributed by atoms with Crippen LogP contribution in [0.3, 0.4) is 0 Å². The number of benzene rings is 1. The van der Waals surface area contributed by atoms with Crippen molar-refractivity contribution in [2.75, 3.05) is 19.8 Å². The SMILES string of the molecule is CCOc1cc(OCC)c(C=C2SC(=O)N(CC)C2=O)cc1Br. The number of nitrogens with zero attached hydrogens (tertiary/aromatic N) is 1. The molecule has 0 unspecified atom stereocenters. The van der Waals surface area contributed by atoms with Crippen LogP contribution in [0.5, 0.6) is 11.5 Å². The van der Waals surface area contributed by atoms with E-state index in [1.165, 1.54) is 4.90 Å². The molecule has 2 rings (SSSR count). The lowest BCUT2D eigenvalue weighted by molar-refractivity contribution is -0.122. The molecule has 0 radical (unpaired) electrons. The van der Waals surface area contributed by atoms with Crippen LogP contribution in [0.15, 0.2) is 21.5 Å². The molecular weight excluding hydrogens is 382 g/mol. The summed E-state index contributed by atoms with van der Waals surface area (Å²) in [6.07, 6.45) is 1.69. The Bertz CT molecular complexity index is 660. The summed E-state index contributed by atoms with van der Waals surface area (Å²) in [4.78, 5) is 25.6. The van der Waals surface area contributed by atoms with Crippen molar-refractivity contribution in [1.82, 2.24) is 4.90 Å². The molecule has 1 aromatic rings. The lowest BCUT2D eigenvalue weighted by atomic mass is 10.1. The third-order valence-corrected chi connectivity index (χ3v) is 4.67. The number of carbonyl (C=O) groups is 2. The van der Waals surface area contributed by atoms with E-state index < -0.39 is 0 Å². The minimum Gasteiger partial charge on any atom is -0.493 e. The summed E-state index contributed by atoms with van der Waals surface area (Å²) in [7, 11) is 0. The van der Waals surface area contributed by atoms with Gasteiger partial charge in [-0.3, -0.25) is 14.5 Å². The van der Waals surface area contributed by atoms with Gasteiger partial charge in [0.15, 0.2) is 0 Å². The third kappa shape index (κ3) is 3.90. The van der Waals surface area contributed by atoms with Crippen molar-refractivity contribution in [2.24, 2.45) is 0 Å². The van der Waals surface area contributed by atoms with Gasteiger partial charge in [0.05, 0.1) is 22.6 Å². The first-order valence-corrected chi connectivity index (χ1v) is 8.97. The Hall–Kier alpha value is -1.47. The largest absolute Gasteiger partial charge is 0.493 e. The summed E-state index contributed by atoms with van der Waals surface area (Å²) in [5.74, 6) is 1.02. The van der Waals surface area contributed by atoms with Gasteiger partial charge in [-0.25, -0.2) is 0 Å². The van der Waals surface area contributed by atoms with Crippen LogP contribution in [0.4, 0.5) is 4.79 Å². The number of amides is 2. The fourth-order valence-corrected chi connectivity index (χ4v) is 3.49. The van der Waals surface area contributed by atoms with Crippen molar-refractivity contribution in [3.63, 3.8) is 0 Å². The Labute approximate surface area is 148 Å². The van der Waals surface area contributed by atoms with Gasteiger partial charge in [-0.15, -0.1) is 0 Å². The predicted octanol–water partition coefficient (Wildman–Crippen LogP) is 4.30. The number of thioether (sulfide) groups is 1. The zero-order valence-corrected chi connectivity index (χ0v) is 15.6. The highest BCUT2D eigenvalue weighted by atomic mass is 79.9. The second-order valence-corrected chi connectivity index (χ2v) is 6.46. The van der Waals surface area contributed by atoms with Gasteiger partial charge in [0.2, 0.25) is 0 Å². The monoisotopic (exact) mass is 399 g/mol. The quantitative estimate of drug-likeness (QED) is 0.667. The maximum atomic E-state index is 12.2. The molecule has 1 aromatic carbocycles. The summed E-state index contributed by atoms with van der Waals surface area (Å²) >= 11 is 4.40. The summed E-state index contributed by atoms with van der Waals surface area (Å²) < 4.78 is 11.9. The third-order valence-electron chi connectivity index (χ3n) is 3.14. The van der Waals surface area contributed by atoms with Gasteiger partial charge in [-0.2, -0.15) is 0 Å². The Morgan fingerprint density at radius 2 is 1.78 bits per heavy atom. The minimum absolute atomic E-state index is 0.244. The zero-order chi connectivity index (χ0) is 17.0. The number of imide groups is 1. The van der Waals surface area contributed by atoms with E-state index in [0.29, 0.717) is 36.2 Å². The maximum absolute atomic E-state index is 12.2. The van der Waals surface area contributed by atoms with E-state index in [2.05, 4.69) is 15.9 Å². The second kappa shape index (κ2) is 7.88. The molecule has 0 aliphatic carbocycles. The predicted molar refractivity (Wildman–Crippen MR) is 94.8 cm³/mol. The van der Waals surface area contributed by atoms with Gasteiger partial charge in [0.1, 0.15) is 11.5 Å². The number of hydrogen-bond donors (Lipinski definition) is 0. The molecule has 1 heterocycles. The standard InChI is InChI=1S/C16H18BrNO4S/c1-4-18-15(19)14(23-16(18)20)8-10-7-11(17)13(22-6-3)9-12(10)21-5-2/h7-9H,4-6H2,1-3H3. The molecule has 0 aromatic heterocycles. The highest BCUT2D eigenvalue weighted by Gasteiger charge is 2.33. The van der Waals surface area contributed by atoms with Gasteiger partial charge < -0.3 is 9.47 Å². The molecule has 1 saturated heterocycles. The van der Waals surface area contributed by atoms with Gasteiger partial charge in [-0.05, 0) is 60.6 Å². The first-order chi connectivity index (χ1) is 11.0. The fourth-order valence-electron chi connectivity index (χ4n) is 2.12. The number of ether oxygens (including phenoxy) is 2. The second-order valence-electron chi connectivity index (χ2n) is 4.61. The van der Waals surface area contributed by atoms with Crippen LogP contribution in [0.2, 0.25) is 0 Å². The molecule has 2 amide bonds. The van der Waals surface area contributed by atoms with Crippen molar-refractivity contribution in [3.8, 4) is 11.5 Å². The molecular formula is C16H18BrNO4S. The molecule has 0 saturated carbocycles. The summed E-state index contributed by atoms with van der Waals surface area (Å²) in [6.45, 7) is 6.97. The van der Waals surface area contributed by atoms with Crippen molar-refractivity contribution >= 4 is 44.9 Å². The topological polar surface area (TPSA) is 55.8 Å². The number of halogens is 1. The average molecular weight is 400 g/mol. The molecule has 0 spiro atoms. The van der Waals surface area contributed by atoms with Crippen LogP contribution in [-0.2, 0) is 4.79 Å². The highest BCUT2D eigenvalue weighted by molar-refractivity contribution is 9.10. The minimum atomic E-state index is -0.269. The summed E-state index contributed by atoms with van der Waals surface area (Å²) in [6, 6.07) is 3.61. The Kier molecular flexibility index (Phi) is 6.12. The maximum Gasteiger partial charge on any atom is 0.293 e. The molecule has 1 aliphatic rings. The van der Waals surface area contributed by atoms with Crippen LogP contribution in [-0.4, -0.2) is 35.8 Å². The zero-order valence-electron chi connectivity index (χ0n) is 13.2.